The molecule has 0 spiro atoms. The summed E-state index contributed by atoms with van der Waals surface area (Å²) in [6, 6.07) is 6.37. The number of aromatic nitrogens is 1. The minimum Gasteiger partial charge on any atom is -0.496 e. The first-order valence-corrected chi connectivity index (χ1v) is 9.90. The van der Waals surface area contributed by atoms with Gasteiger partial charge in [-0.1, -0.05) is 19.9 Å². The average Bonchev–Trinajstić information content (AvgIpc) is 2.75. The number of anilines is 1. The van der Waals surface area contributed by atoms with Gasteiger partial charge in [0.15, 0.2) is 0 Å². The average molecular weight is 415 g/mol. The zero-order chi connectivity index (χ0) is 22.3. The first kappa shape index (κ1) is 23.0. The van der Waals surface area contributed by atoms with E-state index in [0.29, 0.717) is 30.2 Å². The molecule has 0 radical (unpaired) electrons. The summed E-state index contributed by atoms with van der Waals surface area (Å²) in [7, 11) is 4.43. The lowest BCUT2D eigenvalue weighted by atomic mass is 10.1. The van der Waals surface area contributed by atoms with Crippen molar-refractivity contribution >= 4 is 17.5 Å². The molecule has 0 fully saturated rings. The number of ether oxygens (including phenoxy) is 2. The molecule has 0 aliphatic rings. The van der Waals surface area contributed by atoms with Crippen LogP contribution in [0.2, 0.25) is 0 Å². The summed E-state index contributed by atoms with van der Waals surface area (Å²) < 4.78 is 11.8. The normalized spacial score (nSPS) is 10.4. The molecule has 1 heterocycles. The molecule has 1 N–H and O–H groups in total. The van der Waals surface area contributed by atoms with Crippen molar-refractivity contribution in [2.75, 3.05) is 32.6 Å². The van der Waals surface area contributed by atoms with E-state index >= 15 is 0 Å². The third kappa shape index (κ3) is 5.00. The maximum absolute atomic E-state index is 13.0. The molecule has 0 saturated heterocycles. The fourth-order valence-electron chi connectivity index (χ4n) is 3.22. The number of methoxy groups -OCH3 is 2. The number of amides is 2. The third-order valence-electron chi connectivity index (χ3n) is 4.61. The molecule has 0 unspecified atom stereocenters. The van der Waals surface area contributed by atoms with Crippen LogP contribution in [-0.4, -0.2) is 48.6 Å². The van der Waals surface area contributed by atoms with Crippen molar-refractivity contribution in [1.29, 1.82) is 0 Å². The minimum atomic E-state index is -0.565. The second-order valence-corrected chi connectivity index (χ2v) is 6.84. The molecule has 0 atom stereocenters. The standard InChI is InChI=1S/C22H29N3O5/c1-6-11-25(12-7-2)21(27)15-13-16(22(28)24(3)14-15)23-20(26)19-17(29-4)9-8-10-18(19)30-5/h8-10,13-14H,6-7,11-12H2,1-5H3,(H,23,26). The number of pyridine rings is 1. The fraction of sp³-hybridized carbons (Fsp3) is 0.409. The summed E-state index contributed by atoms with van der Waals surface area (Å²) in [4.78, 5) is 40.2. The Kier molecular flexibility index (Phi) is 8.03. The van der Waals surface area contributed by atoms with Crippen LogP contribution in [0.25, 0.3) is 0 Å². The Bertz CT molecular complexity index is 939. The van der Waals surface area contributed by atoms with Crippen molar-refractivity contribution in [2.24, 2.45) is 7.05 Å². The van der Waals surface area contributed by atoms with Gasteiger partial charge in [0, 0.05) is 26.3 Å². The summed E-state index contributed by atoms with van der Waals surface area (Å²) in [5.41, 5.74) is 0.0849. The van der Waals surface area contributed by atoms with Crippen LogP contribution in [0.15, 0.2) is 35.3 Å². The predicted octanol–water partition coefficient (Wildman–Crippen LogP) is 2.92. The molecule has 2 aromatic rings. The number of nitrogens with zero attached hydrogens (tertiary/aromatic N) is 2. The lowest BCUT2D eigenvalue weighted by Gasteiger charge is -2.22. The van der Waals surface area contributed by atoms with Gasteiger partial charge < -0.3 is 24.3 Å². The first-order valence-electron chi connectivity index (χ1n) is 9.90. The molecule has 0 aliphatic heterocycles. The van der Waals surface area contributed by atoms with Gasteiger partial charge in [-0.3, -0.25) is 14.4 Å². The van der Waals surface area contributed by atoms with Crippen LogP contribution in [0, 0.1) is 0 Å². The van der Waals surface area contributed by atoms with Gasteiger partial charge in [0.25, 0.3) is 17.4 Å². The maximum atomic E-state index is 13.0. The summed E-state index contributed by atoms with van der Waals surface area (Å²) in [5.74, 6) is -0.120. The van der Waals surface area contributed by atoms with E-state index in [4.69, 9.17) is 9.47 Å². The van der Waals surface area contributed by atoms with E-state index in [-0.39, 0.29) is 17.2 Å². The SMILES string of the molecule is CCCN(CCC)C(=O)c1cc(NC(=O)c2c(OC)cccc2OC)c(=O)n(C)c1. The van der Waals surface area contributed by atoms with Crippen LogP contribution >= 0.6 is 0 Å². The van der Waals surface area contributed by atoms with Gasteiger partial charge in [-0.25, -0.2) is 0 Å². The Balaban J connectivity index is 2.43. The van der Waals surface area contributed by atoms with E-state index in [9.17, 15) is 14.4 Å². The maximum Gasteiger partial charge on any atom is 0.274 e. The third-order valence-corrected chi connectivity index (χ3v) is 4.61. The van der Waals surface area contributed by atoms with Crippen molar-refractivity contribution in [2.45, 2.75) is 26.7 Å². The molecule has 1 aromatic carbocycles. The van der Waals surface area contributed by atoms with Crippen molar-refractivity contribution in [3.8, 4) is 11.5 Å². The molecule has 2 rings (SSSR count). The molecule has 0 saturated carbocycles. The highest BCUT2D eigenvalue weighted by Gasteiger charge is 2.21. The number of hydrogen-bond donors (Lipinski definition) is 1. The molecular formula is C22H29N3O5. The first-order chi connectivity index (χ1) is 14.4. The van der Waals surface area contributed by atoms with Gasteiger partial charge in [0.05, 0.1) is 19.8 Å². The Morgan fingerprint density at radius 2 is 1.63 bits per heavy atom. The van der Waals surface area contributed by atoms with E-state index in [0.717, 1.165) is 12.8 Å². The number of carbonyl (C=O) groups excluding carboxylic acids is 2. The highest BCUT2D eigenvalue weighted by molar-refractivity contribution is 6.08. The number of benzene rings is 1. The molecule has 8 heteroatoms. The van der Waals surface area contributed by atoms with Gasteiger partial charge in [-0.2, -0.15) is 0 Å². The zero-order valence-electron chi connectivity index (χ0n) is 18.2. The summed E-state index contributed by atoms with van der Waals surface area (Å²) in [6.45, 7) is 5.25. The number of hydrogen-bond acceptors (Lipinski definition) is 5. The molecule has 1 aromatic heterocycles. The van der Waals surface area contributed by atoms with E-state index in [1.165, 1.54) is 31.0 Å². The van der Waals surface area contributed by atoms with Crippen LogP contribution in [0.1, 0.15) is 47.4 Å². The summed E-state index contributed by atoms with van der Waals surface area (Å²) in [5, 5.41) is 2.61. The number of rotatable bonds is 9. The number of nitrogens with one attached hydrogen (secondary N) is 1. The minimum absolute atomic E-state index is 0.00857. The molecule has 8 nitrogen and oxygen atoms in total. The highest BCUT2D eigenvalue weighted by atomic mass is 16.5. The van der Waals surface area contributed by atoms with Gasteiger partial charge in [0.2, 0.25) is 0 Å². The smallest absolute Gasteiger partial charge is 0.274 e. The number of aryl methyl sites for hydroxylation is 1. The Labute approximate surface area is 176 Å². The van der Waals surface area contributed by atoms with Crippen molar-refractivity contribution < 1.29 is 19.1 Å². The molecule has 0 bridgehead atoms. The van der Waals surface area contributed by atoms with Gasteiger partial charge in [-0.05, 0) is 31.0 Å². The molecule has 162 valence electrons. The van der Waals surface area contributed by atoms with Crippen molar-refractivity contribution in [3.63, 3.8) is 0 Å². The van der Waals surface area contributed by atoms with E-state index < -0.39 is 11.5 Å². The van der Waals surface area contributed by atoms with Gasteiger partial charge in [0.1, 0.15) is 22.7 Å². The van der Waals surface area contributed by atoms with Crippen LogP contribution in [0.3, 0.4) is 0 Å². The van der Waals surface area contributed by atoms with E-state index in [2.05, 4.69) is 5.32 Å². The van der Waals surface area contributed by atoms with Crippen molar-refractivity contribution in [3.05, 3.63) is 51.9 Å². The summed E-state index contributed by atoms with van der Waals surface area (Å²) >= 11 is 0. The van der Waals surface area contributed by atoms with Crippen LogP contribution in [0.5, 0.6) is 11.5 Å². The second-order valence-electron chi connectivity index (χ2n) is 6.84. The summed E-state index contributed by atoms with van der Waals surface area (Å²) in [6.07, 6.45) is 3.14. The van der Waals surface area contributed by atoms with Gasteiger partial charge in [-0.15, -0.1) is 0 Å². The zero-order valence-corrected chi connectivity index (χ0v) is 18.2. The quantitative estimate of drug-likeness (QED) is 0.680. The van der Waals surface area contributed by atoms with E-state index in [1.54, 1.807) is 30.1 Å². The van der Waals surface area contributed by atoms with Gasteiger partial charge >= 0.3 is 0 Å². The molecular weight excluding hydrogens is 386 g/mol. The predicted molar refractivity (Wildman–Crippen MR) is 116 cm³/mol. The number of carbonyl (C=O) groups is 2. The lowest BCUT2D eigenvalue weighted by molar-refractivity contribution is 0.0754. The van der Waals surface area contributed by atoms with Crippen LogP contribution in [0.4, 0.5) is 5.69 Å². The Morgan fingerprint density at radius 1 is 1.07 bits per heavy atom. The lowest BCUT2D eigenvalue weighted by Crippen LogP contribution is -2.34. The monoisotopic (exact) mass is 415 g/mol. The van der Waals surface area contributed by atoms with Crippen molar-refractivity contribution in [1.82, 2.24) is 9.47 Å². The highest BCUT2D eigenvalue weighted by Crippen LogP contribution is 2.28. The molecule has 30 heavy (non-hydrogen) atoms. The van der Waals surface area contributed by atoms with E-state index in [1.807, 2.05) is 13.8 Å². The van der Waals surface area contributed by atoms with Crippen LogP contribution in [-0.2, 0) is 7.05 Å². The van der Waals surface area contributed by atoms with Crippen LogP contribution < -0.4 is 20.3 Å². The Hall–Kier alpha value is -3.29. The second kappa shape index (κ2) is 10.5. The Morgan fingerprint density at radius 3 is 2.13 bits per heavy atom. The fourth-order valence-corrected chi connectivity index (χ4v) is 3.22. The molecule has 0 aliphatic carbocycles. The largest absolute Gasteiger partial charge is 0.496 e. The molecule has 2 amide bonds. The topological polar surface area (TPSA) is 89.9 Å².